The fourth-order valence-electron chi connectivity index (χ4n) is 1.90. The van der Waals surface area contributed by atoms with Crippen molar-refractivity contribution in [3.05, 3.63) is 35.9 Å². The highest BCUT2D eigenvalue weighted by molar-refractivity contribution is 8.11. The normalized spacial score (nSPS) is 30.9. The minimum atomic E-state index is -3.79. The van der Waals surface area contributed by atoms with Gasteiger partial charge in [0.05, 0.1) is 11.5 Å². The van der Waals surface area contributed by atoms with E-state index in [1.165, 1.54) is 0 Å². The maximum Gasteiger partial charge on any atom is 0.235 e. The van der Waals surface area contributed by atoms with E-state index in [2.05, 4.69) is 0 Å². The Labute approximate surface area is 105 Å². The Morgan fingerprint density at radius 2 is 1.41 bits per heavy atom. The lowest BCUT2D eigenvalue weighted by Crippen LogP contribution is -2.39. The molecular formula is C10H11ClO4S2. The molecule has 0 aromatic heterocycles. The van der Waals surface area contributed by atoms with Crippen molar-refractivity contribution >= 4 is 31.3 Å². The van der Waals surface area contributed by atoms with Crippen molar-refractivity contribution in [2.75, 3.05) is 11.5 Å². The van der Waals surface area contributed by atoms with Crippen LogP contribution in [0, 0.1) is 0 Å². The molecule has 1 heterocycles. The molecule has 1 aliphatic rings. The lowest BCUT2D eigenvalue weighted by Gasteiger charge is -2.25. The molecule has 0 radical (unpaired) electrons. The molecule has 0 aliphatic carbocycles. The van der Waals surface area contributed by atoms with Gasteiger partial charge in [-0.15, -0.1) is 0 Å². The molecule has 2 rings (SSSR count). The van der Waals surface area contributed by atoms with Crippen molar-refractivity contribution in [3.63, 3.8) is 0 Å². The predicted octanol–water partition coefficient (Wildman–Crippen LogP) is 1.14. The first-order valence-electron chi connectivity index (χ1n) is 4.95. The van der Waals surface area contributed by atoms with E-state index in [9.17, 15) is 16.8 Å². The van der Waals surface area contributed by atoms with Gasteiger partial charge in [0, 0.05) is 5.92 Å². The largest absolute Gasteiger partial charge is 0.235 e. The zero-order chi connectivity index (χ0) is 12.7. The van der Waals surface area contributed by atoms with Crippen molar-refractivity contribution in [1.29, 1.82) is 0 Å². The molecule has 0 unspecified atom stereocenters. The van der Waals surface area contributed by atoms with E-state index in [1.54, 1.807) is 30.3 Å². The first kappa shape index (κ1) is 12.9. The number of hydrogen-bond acceptors (Lipinski definition) is 4. The monoisotopic (exact) mass is 294 g/mol. The number of sulfone groups is 2. The Bertz CT molecular complexity index is 571. The number of hydrogen-bond donors (Lipinski definition) is 0. The fraction of sp³-hybridized carbons (Fsp3) is 0.400. The van der Waals surface area contributed by atoms with Gasteiger partial charge in [-0.2, -0.15) is 0 Å². The predicted molar refractivity (Wildman–Crippen MR) is 66.4 cm³/mol. The SMILES string of the molecule is O=S1(=O)CC(c2ccccc2)CS(=O)(=O)C1Cl. The molecule has 0 saturated carbocycles. The fourth-order valence-corrected chi connectivity index (χ4v) is 6.79. The van der Waals surface area contributed by atoms with Crippen molar-refractivity contribution < 1.29 is 16.8 Å². The van der Waals surface area contributed by atoms with Crippen LogP contribution >= 0.6 is 11.6 Å². The highest BCUT2D eigenvalue weighted by Crippen LogP contribution is 2.31. The van der Waals surface area contributed by atoms with Crippen LogP contribution in [0.4, 0.5) is 0 Å². The van der Waals surface area contributed by atoms with Gasteiger partial charge in [0.1, 0.15) is 0 Å². The van der Waals surface area contributed by atoms with Gasteiger partial charge in [-0.3, -0.25) is 0 Å². The number of halogens is 1. The van der Waals surface area contributed by atoms with E-state index in [4.69, 9.17) is 11.6 Å². The Morgan fingerprint density at radius 1 is 0.941 bits per heavy atom. The van der Waals surface area contributed by atoms with Crippen LogP contribution in [-0.4, -0.2) is 32.4 Å². The van der Waals surface area contributed by atoms with Gasteiger partial charge in [0.25, 0.3) is 0 Å². The molecule has 1 fully saturated rings. The average Bonchev–Trinajstić information content (AvgIpc) is 2.26. The van der Waals surface area contributed by atoms with E-state index in [-0.39, 0.29) is 11.5 Å². The van der Waals surface area contributed by atoms with E-state index in [1.807, 2.05) is 0 Å². The minimum absolute atomic E-state index is 0.218. The summed E-state index contributed by atoms with van der Waals surface area (Å²) in [7, 11) is -7.58. The summed E-state index contributed by atoms with van der Waals surface area (Å²) >= 11 is 5.48. The Hall–Kier alpha value is -0.590. The average molecular weight is 295 g/mol. The van der Waals surface area contributed by atoms with Crippen LogP contribution in [-0.2, 0) is 19.7 Å². The zero-order valence-corrected chi connectivity index (χ0v) is 11.2. The van der Waals surface area contributed by atoms with Crippen molar-refractivity contribution in [2.24, 2.45) is 0 Å². The third-order valence-corrected chi connectivity index (χ3v) is 8.95. The molecule has 4 nitrogen and oxygen atoms in total. The second-order valence-corrected chi connectivity index (χ2v) is 9.55. The third-order valence-electron chi connectivity index (χ3n) is 2.70. The summed E-state index contributed by atoms with van der Waals surface area (Å²) in [5, 5.41) is 0. The molecule has 1 saturated heterocycles. The molecule has 1 aromatic rings. The zero-order valence-electron chi connectivity index (χ0n) is 8.78. The van der Waals surface area contributed by atoms with E-state index >= 15 is 0 Å². The summed E-state index contributed by atoms with van der Waals surface area (Å²) < 4.78 is 44.9. The van der Waals surface area contributed by atoms with Crippen LogP contribution in [0.1, 0.15) is 11.5 Å². The second kappa shape index (κ2) is 4.26. The van der Waals surface area contributed by atoms with Crippen LogP contribution < -0.4 is 0 Å². The van der Waals surface area contributed by atoms with Crippen LogP contribution in [0.25, 0.3) is 0 Å². The lowest BCUT2D eigenvalue weighted by atomic mass is 10.0. The Balaban J connectivity index is 2.42. The minimum Gasteiger partial charge on any atom is -0.226 e. The molecule has 0 bridgehead atoms. The number of alkyl halides is 1. The standard InChI is InChI=1S/C10H11ClO4S2/c11-10-16(12,13)6-9(7-17(10,14)15)8-4-2-1-3-5-8/h1-5,9-10H,6-7H2. The van der Waals surface area contributed by atoms with Crippen LogP contribution in [0.3, 0.4) is 0 Å². The number of benzene rings is 1. The Morgan fingerprint density at radius 3 is 1.88 bits per heavy atom. The highest BCUT2D eigenvalue weighted by Gasteiger charge is 2.44. The van der Waals surface area contributed by atoms with Gasteiger partial charge in [0.15, 0.2) is 19.7 Å². The summed E-state index contributed by atoms with van der Waals surface area (Å²) in [5.74, 6) is -0.962. The van der Waals surface area contributed by atoms with Gasteiger partial charge in [-0.25, -0.2) is 16.8 Å². The molecule has 0 N–H and O–H groups in total. The van der Waals surface area contributed by atoms with Crippen LogP contribution in [0.5, 0.6) is 0 Å². The molecule has 7 heteroatoms. The quantitative estimate of drug-likeness (QED) is 0.728. The van der Waals surface area contributed by atoms with Crippen molar-refractivity contribution in [1.82, 2.24) is 0 Å². The summed E-state index contributed by atoms with van der Waals surface area (Å²) in [6.45, 7) is 0. The topological polar surface area (TPSA) is 68.3 Å². The molecule has 0 amide bonds. The van der Waals surface area contributed by atoms with Gasteiger partial charge in [0.2, 0.25) is 4.04 Å². The third kappa shape index (κ3) is 2.48. The Kier molecular flexibility index (Phi) is 3.22. The summed E-state index contributed by atoms with van der Waals surface area (Å²) in [6.07, 6.45) is 0. The van der Waals surface area contributed by atoms with Crippen molar-refractivity contribution in [3.8, 4) is 0 Å². The van der Waals surface area contributed by atoms with Gasteiger partial charge < -0.3 is 0 Å². The summed E-state index contributed by atoms with van der Waals surface area (Å²) in [5.41, 5.74) is 0.711. The molecule has 0 atom stereocenters. The van der Waals surface area contributed by atoms with E-state index in [0.29, 0.717) is 5.56 Å². The van der Waals surface area contributed by atoms with Crippen LogP contribution in [0.2, 0.25) is 0 Å². The first-order chi connectivity index (χ1) is 7.83. The molecule has 1 aliphatic heterocycles. The van der Waals surface area contributed by atoms with E-state index < -0.39 is 29.6 Å². The maximum absolute atomic E-state index is 11.7. The molecular weight excluding hydrogens is 284 g/mol. The smallest absolute Gasteiger partial charge is 0.226 e. The summed E-state index contributed by atoms with van der Waals surface area (Å²) in [4.78, 5) is 0. The van der Waals surface area contributed by atoms with Gasteiger partial charge in [-0.1, -0.05) is 41.9 Å². The second-order valence-electron chi connectivity index (χ2n) is 4.04. The molecule has 1 aromatic carbocycles. The first-order valence-corrected chi connectivity index (χ1v) is 8.82. The molecule has 17 heavy (non-hydrogen) atoms. The van der Waals surface area contributed by atoms with Gasteiger partial charge in [-0.05, 0) is 5.56 Å². The summed E-state index contributed by atoms with van der Waals surface area (Å²) in [6, 6.07) is 8.75. The lowest BCUT2D eigenvalue weighted by molar-refractivity contribution is 0.569. The van der Waals surface area contributed by atoms with Crippen molar-refractivity contribution in [2.45, 2.75) is 9.96 Å². The molecule has 0 spiro atoms. The highest BCUT2D eigenvalue weighted by atomic mass is 35.5. The number of rotatable bonds is 1. The van der Waals surface area contributed by atoms with Crippen LogP contribution in [0.15, 0.2) is 30.3 Å². The molecule has 94 valence electrons. The van der Waals surface area contributed by atoms with Gasteiger partial charge >= 0.3 is 0 Å². The van der Waals surface area contributed by atoms with E-state index in [0.717, 1.165) is 0 Å². The maximum atomic E-state index is 11.7.